The van der Waals surface area contributed by atoms with Crippen LogP contribution in [0.5, 0.6) is 0 Å². The molecule has 0 fully saturated rings. The molecule has 0 aliphatic heterocycles. The summed E-state index contributed by atoms with van der Waals surface area (Å²) in [6, 6.07) is 5.46. The number of nitro groups is 1. The second-order valence-corrected chi connectivity index (χ2v) is 6.10. The van der Waals surface area contributed by atoms with Gasteiger partial charge in [-0.1, -0.05) is 12.1 Å². The minimum Gasteiger partial charge on any atom is -0.317 e. The lowest BCUT2D eigenvalue weighted by atomic mass is 10.3. The molecule has 100 valence electrons. The molecule has 1 aromatic rings. The Morgan fingerprint density at radius 1 is 1.39 bits per heavy atom. The molecule has 6 nitrogen and oxygen atoms in total. The van der Waals surface area contributed by atoms with Crippen molar-refractivity contribution in [2.45, 2.75) is 24.3 Å². The Balaban J connectivity index is 3.02. The van der Waals surface area contributed by atoms with Crippen molar-refractivity contribution < 1.29 is 13.3 Å². The van der Waals surface area contributed by atoms with E-state index < -0.39 is 14.8 Å². The molecule has 0 bridgehead atoms. The van der Waals surface area contributed by atoms with Crippen LogP contribution in [0, 0.1) is 10.1 Å². The molecule has 7 heteroatoms. The first-order chi connectivity index (χ1) is 8.38. The van der Waals surface area contributed by atoms with Crippen molar-refractivity contribution in [3.05, 3.63) is 34.4 Å². The molecule has 1 rings (SSSR count). The lowest BCUT2D eigenvalue weighted by molar-refractivity contribution is -0.387. The van der Waals surface area contributed by atoms with E-state index in [1.165, 1.54) is 24.3 Å². The van der Waals surface area contributed by atoms with E-state index in [4.69, 9.17) is 0 Å². The first-order valence-electron chi connectivity index (χ1n) is 5.52. The van der Waals surface area contributed by atoms with Gasteiger partial charge in [0.1, 0.15) is 4.90 Å². The van der Waals surface area contributed by atoms with E-state index in [1.54, 1.807) is 7.05 Å². The van der Waals surface area contributed by atoms with Crippen LogP contribution >= 0.6 is 0 Å². The molecule has 0 aliphatic carbocycles. The third-order valence-corrected chi connectivity index (χ3v) is 4.50. The Morgan fingerprint density at radius 3 is 2.56 bits per heavy atom. The zero-order valence-electron chi connectivity index (χ0n) is 10.3. The Bertz CT molecular complexity index is 528. The van der Waals surface area contributed by atoms with Gasteiger partial charge < -0.3 is 5.32 Å². The summed E-state index contributed by atoms with van der Waals surface area (Å²) in [5.41, 5.74) is -0.366. The van der Waals surface area contributed by atoms with Gasteiger partial charge in [-0.15, -0.1) is 0 Å². The van der Waals surface area contributed by atoms with Gasteiger partial charge in [0.15, 0.2) is 9.84 Å². The van der Waals surface area contributed by atoms with Gasteiger partial charge in [0, 0.05) is 12.1 Å². The number of hydrogen-bond donors (Lipinski definition) is 1. The second kappa shape index (κ2) is 5.92. The Hall–Kier alpha value is -1.47. The van der Waals surface area contributed by atoms with Crippen LogP contribution in [0.25, 0.3) is 0 Å². The van der Waals surface area contributed by atoms with E-state index in [2.05, 4.69) is 5.32 Å². The van der Waals surface area contributed by atoms with Crippen LogP contribution in [0.3, 0.4) is 0 Å². The minimum atomic E-state index is -3.62. The molecule has 1 N–H and O–H groups in total. The summed E-state index contributed by atoms with van der Waals surface area (Å²) >= 11 is 0. The molecule has 0 heterocycles. The molecular weight excluding hydrogens is 256 g/mol. The van der Waals surface area contributed by atoms with E-state index in [0.717, 1.165) is 0 Å². The van der Waals surface area contributed by atoms with E-state index in [0.29, 0.717) is 6.42 Å². The Morgan fingerprint density at radius 2 is 2.00 bits per heavy atom. The quantitative estimate of drug-likeness (QED) is 0.624. The highest BCUT2D eigenvalue weighted by molar-refractivity contribution is 7.91. The maximum atomic E-state index is 12.0. The van der Waals surface area contributed by atoms with E-state index in [9.17, 15) is 18.5 Å². The van der Waals surface area contributed by atoms with Gasteiger partial charge in [-0.25, -0.2) is 8.42 Å². The highest BCUT2D eigenvalue weighted by Crippen LogP contribution is 2.24. The second-order valence-electron chi connectivity index (χ2n) is 4.02. The fraction of sp³-hybridized carbons (Fsp3) is 0.455. The molecule has 1 unspecified atom stereocenters. The minimum absolute atomic E-state index is 0.0440. The van der Waals surface area contributed by atoms with Gasteiger partial charge in [0.25, 0.3) is 5.69 Å². The third-order valence-electron chi connectivity index (χ3n) is 2.71. The summed E-state index contributed by atoms with van der Waals surface area (Å²) < 4.78 is 24.1. The molecule has 18 heavy (non-hydrogen) atoms. The molecule has 0 aliphatic rings. The van der Waals surface area contributed by atoms with Crippen LogP contribution in [0.1, 0.15) is 13.3 Å². The first-order valence-corrected chi connectivity index (χ1v) is 7.17. The van der Waals surface area contributed by atoms with Gasteiger partial charge in [-0.2, -0.15) is 0 Å². The lowest BCUT2D eigenvalue weighted by Gasteiger charge is -2.10. The Kier molecular flexibility index (Phi) is 4.80. The fourth-order valence-corrected chi connectivity index (χ4v) is 3.09. The van der Waals surface area contributed by atoms with Gasteiger partial charge in [0.05, 0.1) is 10.7 Å². The van der Waals surface area contributed by atoms with Crippen LogP contribution in [-0.4, -0.2) is 32.2 Å². The number of nitrogens with zero attached hydrogens (tertiary/aromatic N) is 1. The number of nitro benzene ring substituents is 1. The third kappa shape index (κ3) is 3.51. The standard InChI is InChI=1S/C11H16N2O4S/c1-9(12-2)7-8-18(16,17)11-6-4-3-5-10(11)13(14)15/h3-6,9,12H,7-8H2,1-2H3. The fourth-order valence-electron chi connectivity index (χ4n) is 1.46. The average molecular weight is 272 g/mol. The summed E-state index contributed by atoms with van der Waals surface area (Å²) in [4.78, 5) is 9.91. The van der Waals surface area contributed by atoms with Crippen molar-refractivity contribution in [3.63, 3.8) is 0 Å². The van der Waals surface area contributed by atoms with Crippen molar-refractivity contribution in [1.82, 2.24) is 5.32 Å². The SMILES string of the molecule is CNC(C)CCS(=O)(=O)c1ccccc1[N+](=O)[O-]. The Labute approximate surface area is 106 Å². The molecule has 1 aromatic carbocycles. The summed E-state index contributed by atoms with van der Waals surface area (Å²) in [5, 5.41) is 13.7. The maximum absolute atomic E-state index is 12.0. The monoisotopic (exact) mass is 272 g/mol. The predicted molar refractivity (Wildman–Crippen MR) is 68.3 cm³/mol. The maximum Gasteiger partial charge on any atom is 0.287 e. The number of nitrogens with one attached hydrogen (secondary N) is 1. The average Bonchev–Trinajstić information content (AvgIpc) is 2.36. The summed E-state index contributed by atoms with van der Waals surface area (Å²) in [6.45, 7) is 1.86. The van der Waals surface area contributed by atoms with Crippen molar-refractivity contribution >= 4 is 15.5 Å². The number of hydrogen-bond acceptors (Lipinski definition) is 5. The van der Waals surface area contributed by atoms with Crippen LogP contribution in [0.15, 0.2) is 29.2 Å². The molecule has 0 saturated heterocycles. The van der Waals surface area contributed by atoms with Gasteiger partial charge in [0.2, 0.25) is 0 Å². The van der Waals surface area contributed by atoms with Crippen molar-refractivity contribution in [2.24, 2.45) is 0 Å². The van der Waals surface area contributed by atoms with Crippen LogP contribution < -0.4 is 5.32 Å². The van der Waals surface area contributed by atoms with Gasteiger partial charge in [-0.05, 0) is 26.5 Å². The number of rotatable bonds is 6. The van der Waals surface area contributed by atoms with Crippen LogP contribution in [-0.2, 0) is 9.84 Å². The van der Waals surface area contributed by atoms with Crippen LogP contribution in [0.2, 0.25) is 0 Å². The molecule has 0 saturated carbocycles. The largest absolute Gasteiger partial charge is 0.317 e. The molecule has 0 spiro atoms. The van der Waals surface area contributed by atoms with Crippen molar-refractivity contribution in [2.75, 3.05) is 12.8 Å². The highest BCUT2D eigenvalue weighted by Gasteiger charge is 2.25. The topological polar surface area (TPSA) is 89.3 Å². The number of benzene rings is 1. The first kappa shape index (κ1) is 14.6. The molecule has 0 radical (unpaired) electrons. The molecule has 0 amide bonds. The normalized spacial score (nSPS) is 13.2. The van der Waals surface area contributed by atoms with E-state index in [-0.39, 0.29) is 22.4 Å². The van der Waals surface area contributed by atoms with Crippen molar-refractivity contribution in [3.8, 4) is 0 Å². The van der Waals surface area contributed by atoms with Crippen LogP contribution in [0.4, 0.5) is 5.69 Å². The number of para-hydroxylation sites is 1. The molecular formula is C11H16N2O4S. The number of sulfone groups is 1. The summed E-state index contributed by atoms with van der Waals surface area (Å²) in [7, 11) is -1.88. The van der Waals surface area contributed by atoms with Gasteiger partial charge >= 0.3 is 0 Å². The molecule has 0 aromatic heterocycles. The zero-order chi connectivity index (χ0) is 13.8. The lowest BCUT2D eigenvalue weighted by Crippen LogP contribution is -2.24. The molecule has 1 atom stereocenters. The highest BCUT2D eigenvalue weighted by atomic mass is 32.2. The smallest absolute Gasteiger partial charge is 0.287 e. The van der Waals surface area contributed by atoms with E-state index >= 15 is 0 Å². The summed E-state index contributed by atoms with van der Waals surface area (Å²) in [5.74, 6) is -0.111. The van der Waals surface area contributed by atoms with E-state index in [1.807, 2.05) is 6.92 Å². The predicted octanol–water partition coefficient (Wildman–Crippen LogP) is 1.37. The zero-order valence-corrected chi connectivity index (χ0v) is 11.1. The van der Waals surface area contributed by atoms with Gasteiger partial charge in [-0.3, -0.25) is 10.1 Å². The van der Waals surface area contributed by atoms with Crippen molar-refractivity contribution in [1.29, 1.82) is 0 Å². The summed E-state index contributed by atoms with van der Waals surface area (Å²) in [6.07, 6.45) is 0.408.